The number of amides is 1. The van der Waals surface area contributed by atoms with E-state index in [0.29, 0.717) is 24.2 Å². The monoisotopic (exact) mass is 328 g/mol. The summed E-state index contributed by atoms with van der Waals surface area (Å²) in [4.78, 5) is 14.9. The molecule has 1 unspecified atom stereocenters. The molecule has 3 rings (SSSR count). The molecule has 1 aromatic rings. The molecule has 3 nitrogen and oxygen atoms in total. The molecule has 2 saturated heterocycles. The van der Waals surface area contributed by atoms with Gasteiger partial charge in [-0.3, -0.25) is 4.79 Å². The lowest BCUT2D eigenvalue weighted by molar-refractivity contribution is -0.131. The molecular weight excluding hydrogens is 296 g/mol. The molecule has 0 radical (unpaired) electrons. The first-order valence-corrected chi connectivity index (χ1v) is 9.63. The number of carbonyl (C=O) groups is 1. The highest BCUT2D eigenvalue weighted by molar-refractivity contribution is 5.77. The van der Waals surface area contributed by atoms with E-state index in [-0.39, 0.29) is 0 Å². The van der Waals surface area contributed by atoms with Crippen LogP contribution in [-0.2, 0) is 4.79 Å². The Morgan fingerprint density at radius 2 is 1.58 bits per heavy atom. The van der Waals surface area contributed by atoms with E-state index >= 15 is 0 Å². The first-order valence-electron chi connectivity index (χ1n) is 9.63. The Bertz CT molecular complexity index is 537. The van der Waals surface area contributed by atoms with Gasteiger partial charge >= 0.3 is 0 Å². The average Bonchev–Trinajstić information content (AvgIpc) is 2.93. The van der Waals surface area contributed by atoms with Crippen LogP contribution in [-0.4, -0.2) is 37.0 Å². The van der Waals surface area contributed by atoms with Crippen molar-refractivity contribution >= 4 is 5.91 Å². The minimum atomic E-state index is 0.295. The fourth-order valence-corrected chi connectivity index (χ4v) is 4.19. The van der Waals surface area contributed by atoms with Crippen molar-refractivity contribution in [3.8, 4) is 0 Å². The van der Waals surface area contributed by atoms with Crippen molar-refractivity contribution in [2.45, 2.75) is 51.9 Å². The summed E-state index contributed by atoms with van der Waals surface area (Å²) >= 11 is 0. The standard InChI is InChI=1S/C21H32N2O/c1-15(2)17-4-6-18(7-5-17)16(3)12-21(24)23-10-8-19-13-22-14-20(19)9-11-23/h4-7,15-16,19-20,22H,8-14H2,1-3H3/t16?,19-,20+. The van der Waals surface area contributed by atoms with E-state index in [1.165, 1.54) is 24.0 Å². The van der Waals surface area contributed by atoms with Gasteiger partial charge in [-0.2, -0.15) is 0 Å². The van der Waals surface area contributed by atoms with Crippen molar-refractivity contribution in [1.29, 1.82) is 0 Å². The van der Waals surface area contributed by atoms with E-state index in [1.54, 1.807) is 0 Å². The Labute approximate surface area is 146 Å². The highest BCUT2D eigenvalue weighted by Crippen LogP contribution is 2.28. The average molecular weight is 329 g/mol. The van der Waals surface area contributed by atoms with Gasteiger partial charge in [-0.25, -0.2) is 0 Å². The number of nitrogens with zero attached hydrogens (tertiary/aromatic N) is 1. The van der Waals surface area contributed by atoms with Crippen LogP contribution in [0.5, 0.6) is 0 Å². The van der Waals surface area contributed by atoms with E-state index in [1.807, 2.05) is 0 Å². The Morgan fingerprint density at radius 1 is 1.04 bits per heavy atom. The molecule has 1 aromatic carbocycles. The summed E-state index contributed by atoms with van der Waals surface area (Å²) in [5.41, 5.74) is 2.65. The second-order valence-electron chi connectivity index (χ2n) is 8.06. The van der Waals surface area contributed by atoms with Gasteiger partial charge in [0.05, 0.1) is 0 Å². The van der Waals surface area contributed by atoms with Crippen LogP contribution in [0.1, 0.15) is 63.0 Å². The number of nitrogens with one attached hydrogen (secondary N) is 1. The molecule has 2 aliphatic rings. The number of hydrogen-bond donors (Lipinski definition) is 1. The Kier molecular flexibility index (Phi) is 5.60. The van der Waals surface area contributed by atoms with E-state index in [0.717, 1.165) is 38.0 Å². The Morgan fingerprint density at radius 3 is 2.12 bits per heavy atom. The normalized spacial score (nSPS) is 25.4. The van der Waals surface area contributed by atoms with Crippen LogP contribution < -0.4 is 5.32 Å². The predicted octanol–water partition coefficient (Wildman–Crippen LogP) is 3.76. The van der Waals surface area contributed by atoms with Gasteiger partial charge in [0.1, 0.15) is 0 Å². The number of benzene rings is 1. The molecule has 132 valence electrons. The third-order valence-corrected chi connectivity index (χ3v) is 6.03. The summed E-state index contributed by atoms with van der Waals surface area (Å²) in [6.07, 6.45) is 2.97. The van der Waals surface area contributed by atoms with Gasteiger partial charge in [-0.15, -0.1) is 0 Å². The van der Waals surface area contributed by atoms with Crippen molar-refractivity contribution in [2.75, 3.05) is 26.2 Å². The van der Waals surface area contributed by atoms with Gasteiger partial charge in [0.15, 0.2) is 0 Å². The number of fused-ring (bicyclic) bond motifs is 1. The zero-order chi connectivity index (χ0) is 17.1. The van der Waals surface area contributed by atoms with Crippen molar-refractivity contribution in [3.63, 3.8) is 0 Å². The summed E-state index contributed by atoms with van der Waals surface area (Å²) in [6.45, 7) is 10.8. The Balaban J connectivity index is 1.55. The van der Waals surface area contributed by atoms with E-state index in [9.17, 15) is 4.79 Å². The predicted molar refractivity (Wildman–Crippen MR) is 99.2 cm³/mol. The van der Waals surface area contributed by atoms with Crippen LogP contribution in [0.25, 0.3) is 0 Å². The lowest BCUT2D eigenvalue weighted by Crippen LogP contribution is -2.33. The summed E-state index contributed by atoms with van der Waals surface area (Å²) in [5, 5.41) is 3.50. The van der Waals surface area contributed by atoms with Gasteiger partial charge in [0.2, 0.25) is 5.91 Å². The van der Waals surface area contributed by atoms with Gasteiger partial charge < -0.3 is 10.2 Å². The fourth-order valence-electron chi connectivity index (χ4n) is 4.19. The number of hydrogen-bond acceptors (Lipinski definition) is 2. The van der Waals surface area contributed by atoms with E-state index in [2.05, 4.69) is 55.3 Å². The molecule has 3 atom stereocenters. The van der Waals surface area contributed by atoms with Crippen LogP contribution >= 0.6 is 0 Å². The maximum atomic E-state index is 12.7. The van der Waals surface area contributed by atoms with E-state index < -0.39 is 0 Å². The third-order valence-electron chi connectivity index (χ3n) is 6.03. The minimum absolute atomic E-state index is 0.295. The van der Waals surface area contributed by atoms with Crippen molar-refractivity contribution in [1.82, 2.24) is 10.2 Å². The fraction of sp³-hybridized carbons (Fsp3) is 0.667. The van der Waals surface area contributed by atoms with Crippen LogP contribution in [0.2, 0.25) is 0 Å². The highest BCUT2D eigenvalue weighted by atomic mass is 16.2. The molecule has 0 bridgehead atoms. The van der Waals surface area contributed by atoms with Gasteiger partial charge in [0, 0.05) is 19.5 Å². The molecule has 1 N–H and O–H groups in total. The van der Waals surface area contributed by atoms with Crippen molar-refractivity contribution in [3.05, 3.63) is 35.4 Å². The smallest absolute Gasteiger partial charge is 0.223 e. The van der Waals surface area contributed by atoms with Crippen LogP contribution in [0, 0.1) is 11.8 Å². The molecule has 24 heavy (non-hydrogen) atoms. The zero-order valence-corrected chi connectivity index (χ0v) is 15.4. The molecule has 2 heterocycles. The number of likely N-dealkylation sites (tertiary alicyclic amines) is 1. The second kappa shape index (κ2) is 7.69. The molecule has 0 saturated carbocycles. The van der Waals surface area contributed by atoms with E-state index in [4.69, 9.17) is 0 Å². The highest BCUT2D eigenvalue weighted by Gasteiger charge is 2.31. The summed E-state index contributed by atoms with van der Waals surface area (Å²) < 4.78 is 0. The quantitative estimate of drug-likeness (QED) is 0.913. The lowest BCUT2D eigenvalue weighted by atomic mass is 9.92. The molecule has 1 amide bonds. The minimum Gasteiger partial charge on any atom is -0.343 e. The summed E-state index contributed by atoms with van der Waals surface area (Å²) in [5.74, 6) is 2.75. The summed E-state index contributed by atoms with van der Waals surface area (Å²) in [6, 6.07) is 8.82. The SMILES string of the molecule is CC(C)c1ccc(C(C)CC(=O)N2CC[C@@H]3CNC[C@@H]3CC2)cc1. The van der Waals surface area contributed by atoms with Gasteiger partial charge in [0.25, 0.3) is 0 Å². The molecule has 2 aliphatic heterocycles. The van der Waals surface area contributed by atoms with Gasteiger partial charge in [-0.05, 0) is 60.7 Å². The van der Waals surface area contributed by atoms with Crippen molar-refractivity contribution < 1.29 is 4.79 Å². The topological polar surface area (TPSA) is 32.3 Å². The third kappa shape index (κ3) is 4.00. The first-order chi connectivity index (χ1) is 11.5. The van der Waals surface area contributed by atoms with Gasteiger partial charge in [-0.1, -0.05) is 45.0 Å². The zero-order valence-electron chi connectivity index (χ0n) is 15.4. The molecule has 2 fully saturated rings. The van der Waals surface area contributed by atoms with Crippen LogP contribution in [0.3, 0.4) is 0 Å². The largest absolute Gasteiger partial charge is 0.343 e. The molecule has 0 aromatic heterocycles. The molecule has 3 heteroatoms. The Hall–Kier alpha value is -1.35. The van der Waals surface area contributed by atoms with Crippen molar-refractivity contribution in [2.24, 2.45) is 11.8 Å². The number of rotatable bonds is 4. The van der Waals surface area contributed by atoms with Crippen LogP contribution in [0.4, 0.5) is 0 Å². The maximum Gasteiger partial charge on any atom is 0.223 e. The maximum absolute atomic E-state index is 12.7. The number of carbonyl (C=O) groups excluding carboxylic acids is 1. The molecule has 0 spiro atoms. The molecule has 0 aliphatic carbocycles. The van der Waals surface area contributed by atoms with Crippen LogP contribution in [0.15, 0.2) is 24.3 Å². The summed E-state index contributed by atoms with van der Waals surface area (Å²) in [7, 11) is 0. The second-order valence-corrected chi connectivity index (χ2v) is 8.06. The first kappa shape index (κ1) is 17.5. The lowest BCUT2D eigenvalue weighted by Gasteiger charge is -2.23. The molecular formula is C21H32N2O.